The molecule has 2 aliphatic heterocycles. The highest BCUT2D eigenvalue weighted by Crippen LogP contribution is 2.40. The zero-order valence-corrected chi connectivity index (χ0v) is 16.6. The van der Waals surface area contributed by atoms with E-state index in [9.17, 15) is 9.59 Å². The summed E-state index contributed by atoms with van der Waals surface area (Å²) < 4.78 is 0. The first-order chi connectivity index (χ1) is 13.0. The van der Waals surface area contributed by atoms with Crippen molar-refractivity contribution in [3.05, 3.63) is 30.1 Å². The van der Waals surface area contributed by atoms with E-state index in [1.54, 1.807) is 6.20 Å². The van der Waals surface area contributed by atoms with Crippen molar-refractivity contribution in [3.63, 3.8) is 0 Å². The van der Waals surface area contributed by atoms with Gasteiger partial charge in [0.2, 0.25) is 5.91 Å². The number of amides is 3. The van der Waals surface area contributed by atoms with Gasteiger partial charge in [-0.1, -0.05) is 13.0 Å². The van der Waals surface area contributed by atoms with Crippen LogP contribution in [0.3, 0.4) is 0 Å². The van der Waals surface area contributed by atoms with Gasteiger partial charge in [0.25, 0.3) is 0 Å². The Morgan fingerprint density at radius 1 is 1.33 bits per heavy atom. The van der Waals surface area contributed by atoms with E-state index in [4.69, 9.17) is 0 Å². The predicted octanol–water partition coefficient (Wildman–Crippen LogP) is 2.84. The lowest BCUT2D eigenvalue weighted by molar-refractivity contribution is -0.138. The number of aromatic nitrogens is 1. The zero-order chi connectivity index (χ0) is 19.3. The molecule has 1 aromatic rings. The summed E-state index contributed by atoms with van der Waals surface area (Å²) in [4.78, 5) is 32.9. The van der Waals surface area contributed by atoms with E-state index in [1.807, 2.05) is 29.0 Å². The third-order valence-corrected chi connectivity index (χ3v) is 6.23. The molecule has 0 unspecified atom stereocenters. The molecular formula is C21H32N4O2. The van der Waals surface area contributed by atoms with E-state index in [-0.39, 0.29) is 23.4 Å². The van der Waals surface area contributed by atoms with Crippen LogP contribution in [0.25, 0.3) is 0 Å². The van der Waals surface area contributed by atoms with E-state index < -0.39 is 0 Å². The third-order valence-electron chi connectivity index (χ3n) is 6.23. The quantitative estimate of drug-likeness (QED) is 0.864. The maximum absolute atomic E-state index is 12.4. The second-order valence-corrected chi connectivity index (χ2v) is 8.17. The summed E-state index contributed by atoms with van der Waals surface area (Å²) in [6.45, 7) is 7.27. The Kier molecular flexibility index (Phi) is 6.34. The molecule has 3 heterocycles. The molecule has 0 radical (unpaired) electrons. The molecule has 0 aliphatic carbocycles. The molecule has 1 aromatic heterocycles. The second kappa shape index (κ2) is 8.72. The van der Waals surface area contributed by atoms with Crippen LogP contribution in [0.5, 0.6) is 0 Å². The third kappa shape index (κ3) is 4.99. The average molecular weight is 373 g/mol. The summed E-state index contributed by atoms with van der Waals surface area (Å²) in [6.07, 6.45) is 8.99. The molecule has 1 spiro atoms. The van der Waals surface area contributed by atoms with Gasteiger partial charge in [-0.3, -0.25) is 9.78 Å². The molecule has 3 rings (SSSR count). The van der Waals surface area contributed by atoms with Crippen LogP contribution in [0, 0.1) is 5.41 Å². The summed E-state index contributed by atoms with van der Waals surface area (Å²) in [5.74, 6) is 0.265. The summed E-state index contributed by atoms with van der Waals surface area (Å²) in [6, 6.07) is 4.27. The highest BCUT2D eigenvalue weighted by molar-refractivity contribution is 5.77. The van der Waals surface area contributed by atoms with Gasteiger partial charge in [0, 0.05) is 51.0 Å². The van der Waals surface area contributed by atoms with Crippen LogP contribution in [-0.4, -0.2) is 58.9 Å². The van der Waals surface area contributed by atoms with Crippen LogP contribution < -0.4 is 5.32 Å². The molecule has 2 aliphatic rings. The number of nitrogens with one attached hydrogen (secondary N) is 1. The Morgan fingerprint density at radius 2 is 2.11 bits per heavy atom. The normalized spacial score (nSPS) is 20.6. The summed E-state index contributed by atoms with van der Waals surface area (Å²) in [5, 5.41) is 3.06. The maximum atomic E-state index is 12.4. The van der Waals surface area contributed by atoms with Crippen molar-refractivity contribution in [2.45, 2.75) is 58.4 Å². The van der Waals surface area contributed by atoms with E-state index in [0.717, 1.165) is 58.3 Å². The number of hydrogen-bond donors (Lipinski definition) is 1. The van der Waals surface area contributed by atoms with Crippen LogP contribution in [0.4, 0.5) is 4.79 Å². The number of piperidine rings is 2. The topological polar surface area (TPSA) is 65.5 Å². The highest BCUT2D eigenvalue weighted by atomic mass is 16.2. The molecule has 0 bridgehead atoms. The fraction of sp³-hybridized carbons (Fsp3) is 0.667. The van der Waals surface area contributed by atoms with E-state index in [1.165, 1.54) is 5.56 Å². The number of carbonyl (C=O) groups is 2. The zero-order valence-electron chi connectivity index (χ0n) is 16.6. The van der Waals surface area contributed by atoms with Gasteiger partial charge in [-0.25, -0.2) is 4.79 Å². The molecule has 0 saturated carbocycles. The first-order valence-corrected chi connectivity index (χ1v) is 10.2. The van der Waals surface area contributed by atoms with E-state index >= 15 is 0 Å². The lowest BCUT2D eigenvalue weighted by Crippen LogP contribution is -2.54. The highest BCUT2D eigenvalue weighted by Gasteiger charge is 2.41. The maximum Gasteiger partial charge on any atom is 0.317 e. The van der Waals surface area contributed by atoms with Crippen LogP contribution in [-0.2, 0) is 11.2 Å². The molecule has 1 atom stereocenters. The summed E-state index contributed by atoms with van der Waals surface area (Å²) in [5.41, 5.74) is 1.34. The standard InChI is InChI=1S/C21H32N4O2/c1-3-17(2)23-20(27)24-13-9-21(10-14-24)8-6-19(26)25(16-21)12-7-18-5-4-11-22-15-18/h4-5,11,15,17H,3,6-10,12-14,16H2,1-2H3,(H,23,27)/t17-/m0/s1. The molecule has 6 heteroatoms. The number of hydrogen-bond acceptors (Lipinski definition) is 3. The molecule has 1 N–H and O–H groups in total. The van der Waals surface area contributed by atoms with Gasteiger partial charge in [0.15, 0.2) is 0 Å². The van der Waals surface area contributed by atoms with Gasteiger partial charge in [-0.05, 0) is 56.1 Å². The number of pyridine rings is 1. The molecule has 2 saturated heterocycles. The number of carbonyl (C=O) groups excluding carboxylic acids is 2. The molecular weight excluding hydrogens is 340 g/mol. The number of nitrogens with zero attached hydrogens (tertiary/aromatic N) is 3. The lowest BCUT2D eigenvalue weighted by atomic mass is 9.72. The van der Waals surface area contributed by atoms with E-state index in [0.29, 0.717) is 6.42 Å². The molecule has 2 fully saturated rings. The number of likely N-dealkylation sites (tertiary alicyclic amines) is 2. The first-order valence-electron chi connectivity index (χ1n) is 10.2. The van der Waals surface area contributed by atoms with Crippen molar-refractivity contribution in [2.24, 2.45) is 5.41 Å². The number of urea groups is 1. The van der Waals surface area contributed by atoms with Crippen LogP contribution in [0.15, 0.2) is 24.5 Å². The van der Waals surface area contributed by atoms with Gasteiger partial charge < -0.3 is 15.1 Å². The molecule has 148 valence electrons. The predicted molar refractivity (Wildman–Crippen MR) is 105 cm³/mol. The molecule has 0 aromatic carbocycles. The molecule has 27 heavy (non-hydrogen) atoms. The summed E-state index contributed by atoms with van der Waals surface area (Å²) in [7, 11) is 0. The van der Waals surface area contributed by atoms with Crippen molar-refractivity contribution in [3.8, 4) is 0 Å². The van der Waals surface area contributed by atoms with Crippen LogP contribution in [0.1, 0.15) is 51.5 Å². The van der Waals surface area contributed by atoms with Crippen molar-refractivity contribution < 1.29 is 9.59 Å². The van der Waals surface area contributed by atoms with Gasteiger partial charge in [-0.2, -0.15) is 0 Å². The van der Waals surface area contributed by atoms with Gasteiger partial charge in [0.05, 0.1) is 0 Å². The van der Waals surface area contributed by atoms with Gasteiger partial charge in [-0.15, -0.1) is 0 Å². The fourth-order valence-electron chi connectivity index (χ4n) is 4.11. The Morgan fingerprint density at radius 3 is 2.78 bits per heavy atom. The monoisotopic (exact) mass is 372 g/mol. The SMILES string of the molecule is CC[C@H](C)NC(=O)N1CCC2(CCC(=O)N(CCc3cccnc3)C2)CC1. The van der Waals surface area contributed by atoms with Crippen LogP contribution >= 0.6 is 0 Å². The molecule has 6 nitrogen and oxygen atoms in total. The minimum Gasteiger partial charge on any atom is -0.342 e. The Balaban J connectivity index is 1.53. The minimum absolute atomic E-state index is 0.0551. The Bertz CT molecular complexity index is 641. The van der Waals surface area contributed by atoms with Crippen molar-refractivity contribution >= 4 is 11.9 Å². The average Bonchev–Trinajstić information content (AvgIpc) is 2.70. The van der Waals surface area contributed by atoms with Crippen LogP contribution in [0.2, 0.25) is 0 Å². The smallest absolute Gasteiger partial charge is 0.317 e. The number of rotatable bonds is 5. The van der Waals surface area contributed by atoms with Gasteiger partial charge in [0.1, 0.15) is 0 Å². The first kappa shape index (κ1) is 19.6. The van der Waals surface area contributed by atoms with Crippen molar-refractivity contribution in [2.75, 3.05) is 26.2 Å². The lowest BCUT2D eigenvalue weighted by Gasteiger charge is -2.47. The minimum atomic E-state index is 0.0551. The largest absolute Gasteiger partial charge is 0.342 e. The van der Waals surface area contributed by atoms with Crippen molar-refractivity contribution in [1.29, 1.82) is 0 Å². The van der Waals surface area contributed by atoms with Crippen molar-refractivity contribution in [1.82, 2.24) is 20.1 Å². The fourth-order valence-corrected chi connectivity index (χ4v) is 4.11. The Labute approximate surface area is 162 Å². The molecule has 3 amide bonds. The summed E-state index contributed by atoms with van der Waals surface area (Å²) >= 11 is 0. The second-order valence-electron chi connectivity index (χ2n) is 8.17. The van der Waals surface area contributed by atoms with E-state index in [2.05, 4.69) is 23.3 Å². The Hall–Kier alpha value is -2.11. The van der Waals surface area contributed by atoms with Gasteiger partial charge >= 0.3 is 6.03 Å².